The van der Waals surface area contributed by atoms with Gasteiger partial charge in [0.2, 0.25) is 0 Å². The van der Waals surface area contributed by atoms with E-state index >= 15 is 0 Å². The number of hydrogen-bond donors (Lipinski definition) is 1. The van der Waals surface area contributed by atoms with E-state index in [1.54, 1.807) is 11.4 Å². The molecule has 1 atom stereocenters. The van der Waals surface area contributed by atoms with Gasteiger partial charge >= 0.3 is 5.97 Å². The lowest BCUT2D eigenvalue weighted by atomic mass is 10.2. The molecule has 0 saturated heterocycles. The summed E-state index contributed by atoms with van der Waals surface area (Å²) < 4.78 is 0.714. The third-order valence-corrected chi connectivity index (χ3v) is 4.33. The Morgan fingerprint density at radius 1 is 1.59 bits per heavy atom. The number of halogens is 1. The Morgan fingerprint density at radius 3 is 2.65 bits per heavy atom. The molecule has 0 fully saturated rings. The van der Waals surface area contributed by atoms with E-state index in [1.807, 2.05) is 13.8 Å². The third kappa shape index (κ3) is 3.54. The first-order valence-corrected chi connectivity index (χ1v) is 6.90. The molecule has 0 spiro atoms. The van der Waals surface area contributed by atoms with Crippen LogP contribution in [0.5, 0.6) is 0 Å². The van der Waals surface area contributed by atoms with E-state index in [2.05, 4.69) is 15.9 Å². The minimum atomic E-state index is -0.994. The maximum atomic E-state index is 12.2. The summed E-state index contributed by atoms with van der Waals surface area (Å²) in [4.78, 5) is 24.9. The number of amides is 1. The number of hydrogen-bond acceptors (Lipinski definition) is 3. The lowest BCUT2D eigenvalue weighted by Crippen LogP contribution is -2.41. The predicted molar refractivity (Wildman–Crippen MR) is 70.4 cm³/mol. The largest absolute Gasteiger partial charge is 0.480 e. The van der Waals surface area contributed by atoms with E-state index in [4.69, 9.17) is 5.11 Å². The van der Waals surface area contributed by atoms with Gasteiger partial charge in [0.15, 0.2) is 0 Å². The molecule has 0 aliphatic heterocycles. The molecule has 4 nitrogen and oxygen atoms in total. The number of thiophene rings is 1. The van der Waals surface area contributed by atoms with E-state index in [9.17, 15) is 9.59 Å². The Bertz CT molecular complexity index is 419. The molecule has 6 heteroatoms. The zero-order valence-corrected chi connectivity index (χ0v) is 12.0. The van der Waals surface area contributed by atoms with Crippen LogP contribution in [0.1, 0.15) is 29.9 Å². The zero-order valence-electron chi connectivity index (χ0n) is 9.64. The number of carboxylic acids is 1. The molecule has 17 heavy (non-hydrogen) atoms. The van der Waals surface area contributed by atoms with E-state index in [1.165, 1.54) is 16.2 Å². The number of carbonyl (C=O) groups excluding carboxylic acids is 1. The summed E-state index contributed by atoms with van der Waals surface area (Å²) in [6, 6.07) is 1.69. The lowest BCUT2D eigenvalue weighted by Gasteiger charge is -2.26. The van der Waals surface area contributed by atoms with Crippen LogP contribution in [0.2, 0.25) is 0 Å². The van der Waals surface area contributed by atoms with Crippen molar-refractivity contribution in [1.29, 1.82) is 0 Å². The lowest BCUT2D eigenvalue weighted by molar-refractivity contribution is -0.138. The molecule has 1 N–H and O–H groups in total. The van der Waals surface area contributed by atoms with E-state index < -0.39 is 5.97 Å². The van der Waals surface area contributed by atoms with Crippen molar-refractivity contribution in [2.24, 2.45) is 0 Å². The topological polar surface area (TPSA) is 57.6 Å². The number of carboxylic acid groups (broad SMARTS) is 1. The summed E-state index contributed by atoms with van der Waals surface area (Å²) in [6.07, 6.45) is 0.724. The van der Waals surface area contributed by atoms with Crippen molar-refractivity contribution in [3.8, 4) is 0 Å². The maximum absolute atomic E-state index is 12.2. The monoisotopic (exact) mass is 319 g/mol. The second kappa shape index (κ2) is 6.16. The predicted octanol–water partition coefficient (Wildman–Crippen LogP) is 2.84. The van der Waals surface area contributed by atoms with Crippen LogP contribution >= 0.6 is 27.3 Å². The van der Waals surface area contributed by atoms with E-state index in [0.717, 1.165) is 6.42 Å². The van der Waals surface area contributed by atoms with Crippen LogP contribution < -0.4 is 0 Å². The molecule has 0 aliphatic carbocycles. The highest BCUT2D eigenvalue weighted by atomic mass is 79.9. The quantitative estimate of drug-likeness (QED) is 0.907. The minimum Gasteiger partial charge on any atom is -0.480 e. The summed E-state index contributed by atoms with van der Waals surface area (Å²) in [5, 5.41) is 10.6. The number of nitrogens with zero attached hydrogens (tertiary/aromatic N) is 1. The highest BCUT2D eigenvalue weighted by molar-refractivity contribution is 9.10. The molecular weight excluding hydrogens is 306 g/mol. The van der Waals surface area contributed by atoms with Crippen molar-refractivity contribution in [2.75, 3.05) is 6.54 Å². The number of carbonyl (C=O) groups is 2. The standard InChI is InChI=1S/C11H14BrNO3S/c1-3-7(2)13(6-9(14)15)11(16)10-8(12)4-5-17-10/h4-5,7H,3,6H2,1-2H3,(H,14,15). The van der Waals surface area contributed by atoms with Crippen LogP contribution in [-0.4, -0.2) is 34.5 Å². The second-order valence-electron chi connectivity index (χ2n) is 3.68. The first-order chi connectivity index (χ1) is 7.97. The highest BCUT2D eigenvalue weighted by Gasteiger charge is 2.25. The summed E-state index contributed by atoms with van der Waals surface area (Å²) in [5.74, 6) is -1.23. The van der Waals surface area contributed by atoms with Crippen LogP contribution in [-0.2, 0) is 4.79 Å². The Balaban J connectivity index is 2.94. The van der Waals surface area contributed by atoms with Gasteiger partial charge in [-0.25, -0.2) is 0 Å². The van der Waals surface area contributed by atoms with E-state index in [0.29, 0.717) is 9.35 Å². The zero-order chi connectivity index (χ0) is 13.0. The third-order valence-electron chi connectivity index (χ3n) is 2.50. The van der Waals surface area contributed by atoms with Gasteiger partial charge < -0.3 is 10.0 Å². The van der Waals surface area contributed by atoms with Crippen molar-refractivity contribution in [2.45, 2.75) is 26.3 Å². The van der Waals surface area contributed by atoms with Crippen molar-refractivity contribution in [3.63, 3.8) is 0 Å². The fourth-order valence-electron chi connectivity index (χ4n) is 1.37. The molecule has 0 saturated carbocycles. The van der Waals surface area contributed by atoms with Gasteiger partial charge in [-0.2, -0.15) is 0 Å². The summed E-state index contributed by atoms with van der Waals surface area (Å²) in [6.45, 7) is 3.51. The van der Waals surface area contributed by atoms with Crippen LogP contribution in [0.25, 0.3) is 0 Å². The van der Waals surface area contributed by atoms with Gasteiger partial charge in [-0.15, -0.1) is 11.3 Å². The van der Waals surface area contributed by atoms with Crippen molar-refractivity contribution < 1.29 is 14.7 Å². The molecule has 94 valence electrons. The van der Waals surface area contributed by atoms with Crippen LogP contribution in [0.15, 0.2) is 15.9 Å². The molecule has 1 aromatic heterocycles. The normalized spacial score (nSPS) is 12.2. The van der Waals surface area contributed by atoms with Gasteiger partial charge in [-0.05, 0) is 40.7 Å². The molecule has 1 unspecified atom stereocenters. The minimum absolute atomic E-state index is 0.0902. The average molecular weight is 320 g/mol. The van der Waals surface area contributed by atoms with Gasteiger partial charge in [0, 0.05) is 10.5 Å². The number of aliphatic carboxylic acids is 1. The Labute approximate surface area is 112 Å². The molecule has 0 radical (unpaired) electrons. The van der Waals surface area contributed by atoms with Gasteiger partial charge in [-0.1, -0.05) is 6.92 Å². The Hall–Kier alpha value is -0.880. The fourth-order valence-corrected chi connectivity index (χ4v) is 2.87. The van der Waals surface area contributed by atoms with Gasteiger partial charge in [-0.3, -0.25) is 9.59 Å². The molecule has 0 aromatic carbocycles. The molecule has 1 heterocycles. The van der Waals surface area contributed by atoms with Crippen LogP contribution in [0.3, 0.4) is 0 Å². The SMILES string of the molecule is CCC(C)N(CC(=O)O)C(=O)c1sccc1Br. The first kappa shape index (κ1) is 14.2. The van der Waals surface area contributed by atoms with Gasteiger partial charge in [0.05, 0.1) is 0 Å². The van der Waals surface area contributed by atoms with Crippen LogP contribution in [0, 0.1) is 0 Å². The van der Waals surface area contributed by atoms with Gasteiger partial charge in [0.25, 0.3) is 5.91 Å². The Kier molecular flexibility index (Phi) is 5.14. The second-order valence-corrected chi connectivity index (χ2v) is 5.45. The highest BCUT2D eigenvalue weighted by Crippen LogP contribution is 2.25. The summed E-state index contributed by atoms with van der Waals surface area (Å²) in [7, 11) is 0. The van der Waals surface area contributed by atoms with Gasteiger partial charge in [0.1, 0.15) is 11.4 Å². The smallest absolute Gasteiger partial charge is 0.323 e. The van der Waals surface area contributed by atoms with Crippen molar-refractivity contribution in [1.82, 2.24) is 4.90 Å². The Morgan fingerprint density at radius 2 is 2.24 bits per heavy atom. The fraction of sp³-hybridized carbons (Fsp3) is 0.455. The molecule has 0 bridgehead atoms. The van der Waals surface area contributed by atoms with Crippen molar-refractivity contribution >= 4 is 39.1 Å². The maximum Gasteiger partial charge on any atom is 0.323 e. The molecule has 1 rings (SSSR count). The summed E-state index contributed by atoms with van der Waals surface area (Å²) in [5.41, 5.74) is 0. The molecule has 1 amide bonds. The van der Waals surface area contributed by atoms with E-state index in [-0.39, 0.29) is 18.5 Å². The average Bonchev–Trinajstić information content (AvgIpc) is 2.70. The summed E-state index contributed by atoms with van der Waals surface area (Å²) >= 11 is 4.60. The van der Waals surface area contributed by atoms with Crippen LogP contribution in [0.4, 0.5) is 0 Å². The molecule has 1 aromatic rings. The van der Waals surface area contributed by atoms with Crippen molar-refractivity contribution in [3.05, 3.63) is 20.8 Å². The molecular formula is C11H14BrNO3S. The number of rotatable bonds is 5. The first-order valence-electron chi connectivity index (χ1n) is 5.23. The molecule has 0 aliphatic rings.